The Hall–Kier alpha value is -2.61. The SMILES string of the molecule is CC(C)[C@H](NC(=O)OCc1ccccc1)C(=O)N[C@@H](C)C(=O)NCC(=O)CCl. The molecule has 0 aliphatic heterocycles. The lowest BCUT2D eigenvalue weighted by Crippen LogP contribution is -2.54. The van der Waals surface area contributed by atoms with E-state index >= 15 is 0 Å². The van der Waals surface area contributed by atoms with Crippen LogP contribution >= 0.6 is 11.6 Å². The molecule has 0 aliphatic rings. The number of halogens is 1. The minimum Gasteiger partial charge on any atom is -0.445 e. The summed E-state index contributed by atoms with van der Waals surface area (Å²) in [6.07, 6.45) is -0.734. The van der Waals surface area contributed by atoms with E-state index in [1.54, 1.807) is 13.8 Å². The van der Waals surface area contributed by atoms with Crippen molar-refractivity contribution in [2.45, 2.75) is 39.5 Å². The molecule has 9 heteroatoms. The van der Waals surface area contributed by atoms with Gasteiger partial charge in [-0.1, -0.05) is 44.2 Å². The first kappa shape index (κ1) is 23.4. The molecular weight excluding hydrogens is 386 g/mol. The first-order valence-corrected chi connectivity index (χ1v) is 9.41. The number of alkyl halides is 1. The second kappa shape index (κ2) is 12.0. The molecule has 0 unspecified atom stereocenters. The standard InChI is InChI=1S/C19H26ClN3O5/c1-12(2)16(23-19(27)28-11-14-7-5-4-6-8-14)18(26)22-13(3)17(25)21-10-15(24)9-20/h4-8,12-13,16H,9-11H2,1-3H3,(H,21,25)(H,22,26)(H,23,27)/t13-,16-/m0/s1. The maximum atomic E-state index is 12.5. The highest BCUT2D eigenvalue weighted by Gasteiger charge is 2.27. The van der Waals surface area contributed by atoms with Crippen molar-refractivity contribution in [3.8, 4) is 0 Å². The van der Waals surface area contributed by atoms with Gasteiger partial charge in [-0.15, -0.1) is 11.6 Å². The third-order valence-electron chi connectivity index (χ3n) is 3.80. The minimum absolute atomic E-state index is 0.0759. The lowest BCUT2D eigenvalue weighted by atomic mass is 10.0. The van der Waals surface area contributed by atoms with Gasteiger partial charge in [0, 0.05) is 0 Å². The van der Waals surface area contributed by atoms with E-state index in [4.69, 9.17) is 16.3 Å². The zero-order valence-electron chi connectivity index (χ0n) is 16.2. The van der Waals surface area contributed by atoms with Crippen molar-refractivity contribution in [3.05, 3.63) is 35.9 Å². The van der Waals surface area contributed by atoms with Crippen molar-refractivity contribution in [3.63, 3.8) is 0 Å². The highest BCUT2D eigenvalue weighted by molar-refractivity contribution is 6.28. The van der Waals surface area contributed by atoms with Crippen molar-refractivity contribution in [1.29, 1.82) is 0 Å². The van der Waals surface area contributed by atoms with Crippen LogP contribution in [0.2, 0.25) is 0 Å². The summed E-state index contributed by atoms with van der Waals surface area (Å²) in [5, 5.41) is 7.42. The monoisotopic (exact) mass is 411 g/mol. The number of alkyl carbamates (subject to hydrolysis) is 1. The molecule has 0 radical (unpaired) electrons. The molecule has 2 atom stereocenters. The van der Waals surface area contributed by atoms with Crippen molar-refractivity contribution >= 4 is 35.3 Å². The fraction of sp³-hybridized carbons (Fsp3) is 0.474. The van der Waals surface area contributed by atoms with Gasteiger partial charge < -0.3 is 20.7 Å². The molecule has 8 nitrogen and oxygen atoms in total. The minimum atomic E-state index is -0.890. The van der Waals surface area contributed by atoms with Gasteiger partial charge in [0.15, 0.2) is 5.78 Å². The van der Waals surface area contributed by atoms with Gasteiger partial charge in [0.05, 0.1) is 12.4 Å². The maximum Gasteiger partial charge on any atom is 0.408 e. The number of hydrogen-bond acceptors (Lipinski definition) is 5. The van der Waals surface area contributed by atoms with Crippen molar-refractivity contribution < 1.29 is 23.9 Å². The highest BCUT2D eigenvalue weighted by atomic mass is 35.5. The number of carbonyl (C=O) groups is 4. The average molecular weight is 412 g/mol. The van der Waals surface area contributed by atoms with Gasteiger partial charge in [-0.25, -0.2) is 4.79 Å². The summed E-state index contributed by atoms with van der Waals surface area (Å²) >= 11 is 5.37. The molecule has 154 valence electrons. The molecule has 0 aliphatic carbocycles. The van der Waals surface area contributed by atoms with Crippen LogP contribution in [0.1, 0.15) is 26.3 Å². The third kappa shape index (κ3) is 8.39. The van der Waals surface area contributed by atoms with E-state index in [0.717, 1.165) is 5.56 Å². The van der Waals surface area contributed by atoms with E-state index in [1.807, 2.05) is 30.3 Å². The number of carbonyl (C=O) groups excluding carboxylic acids is 4. The molecule has 28 heavy (non-hydrogen) atoms. The van der Waals surface area contributed by atoms with Crippen LogP contribution in [0, 0.1) is 5.92 Å². The van der Waals surface area contributed by atoms with Gasteiger partial charge in [-0.05, 0) is 18.4 Å². The van der Waals surface area contributed by atoms with Crippen LogP contribution in [-0.4, -0.2) is 48.2 Å². The predicted molar refractivity (Wildman–Crippen MR) is 105 cm³/mol. The average Bonchev–Trinajstić information content (AvgIpc) is 2.68. The number of nitrogens with one attached hydrogen (secondary N) is 3. The van der Waals surface area contributed by atoms with E-state index in [9.17, 15) is 19.2 Å². The number of Topliss-reactive ketones (excluding diaryl/α,β-unsaturated/α-hetero) is 1. The molecule has 0 aromatic heterocycles. The van der Waals surface area contributed by atoms with Crippen molar-refractivity contribution in [2.24, 2.45) is 5.92 Å². The second-order valence-electron chi connectivity index (χ2n) is 6.55. The largest absolute Gasteiger partial charge is 0.445 e. The van der Waals surface area contributed by atoms with Gasteiger partial charge in [0.1, 0.15) is 18.7 Å². The normalized spacial score (nSPS) is 12.6. The van der Waals surface area contributed by atoms with Crippen LogP contribution < -0.4 is 16.0 Å². The molecule has 3 amide bonds. The quantitative estimate of drug-likeness (QED) is 0.503. The zero-order chi connectivity index (χ0) is 21.1. The van der Waals surface area contributed by atoms with Gasteiger partial charge in [-0.2, -0.15) is 0 Å². The summed E-state index contributed by atoms with van der Waals surface area (Å²) in [6.45, 7) is 4.85. The zero-order valence-corrected chi connectivity index (χ0v) is 16.9. The Kier molecular flexibility index (Phi) is 10.0. The summed E-state index contributed by atoms with van der Waals surface area (Å²) in [6, 6.07) is 7.36. The Morgan fingerprint density at radius 3 is 2.21 bits per heavy atom. The fourth-order valence-corrected chi connectivity index (χ4v) is 2.28. The van der Waals surface area contributed by atoms with Crippen LogP contribution in [0.15, 0.2) is 30.3 Å². The van der Waals surface area contributed by atoms with Crippen LogP contribution in [0.5, 0.6) is 0 Å². The number of ether oxygens (including phenoxy) is 1. The Bertz CT molecular complexity index is 681. The molecule has 0 spiro atoms. The van der Waals surface area contributed by atoms with E-state index < -0.39 is 30.0 Å². The number of benzene rings is 1. The second-order valence-corrected chi connectivity index (χ2v) is 6.82. The number of amides is 3. The lowest BCUT2D eigenvalue weighted by molar-refractivity contribution is -0.130. The summed E-state index contributed by atoms with van der Waals surface area (Å²) in [4.78, 5) is 47.6. The molecule has 3 N–H and O–H groups in total. The summed E-state index contributed by atoms with van der Waals surface area (Å²) < 4.78 is 5.13. The van der Waals surface area contributed by atoms with Crippen LogP contribution in [0.4, 0.5) is 4.79 Å². The van der Waals surface area contributed by atoms with Gasteiger partial charge in [0.25, 0.3) is 0 Å². The molecule has 1 aromatic carbocycles. The highest BCUT2D eigenvalue weighted by Crippen LogP contribution is 2.05. The topological polar surface area (TPSA) is 114 Å². The smallest absolute Gasteiger partial charge is 0.408 e. The molecule has 0 bridgehead atoms. The molecule has 1 rings (SSSR count). The molecule has 0 saturated heterocycles. The Morgan fingerprint density at radius 1 is 1.00 bits per heavy atom. The fourth-order valence-electron chi connectivity index (χ4n) is 2.18. The third-order valence-corrected chi connectivity index (χ3v) is 4.09. The molecule has 0 saturated carbocycles. The van der Waals surface area contributed by atoms with E-state index in [2.05, 4.69) is 16.0 Å². The summed E-state index contributed by atoms with van der Waals surface area (Å²) in [5.74, 6) is -1.83. The molecule has 0 fully saturated rings. The molecule has 1 aromatic rings. The van der Waals surface area contributed by atoms with Gasteiger partial charge in [-0.3, -0.25) is 14.4 Å². The predicted octanol–water partition coefficient (Wildman–Crippen LogP) is 1.37. The number of rotatable bonds is 10. The number of ketones is 1. The van der Waals surface area contributed by atoms with E-state index in [-0.39, 0.29) is 30.7 Å². The van der Waals surface area contributed by atoms with Crippen LogP contribution in [0.25, 0.3) is 0 Å². The first-order chi connectivity index (χ1) is 13.2. The molecular formula is C19H26ClN3O5. The van der Waals surface area contributed by atoms with Gasteiger partial charge >= 0.3 is 6.09 Å². The first-order valence-electron chi connectivity index (χ1n) is 8.87. The number of hydrogen-bond donors (Lipinski definition) is 3. The summed E-state index contributed by atoms with van der Waals surface area (Å²) in [7, 11) is 0. The Morgan fingerprint density at radius 2 is 1.64 bits per heavy atom. The maximum absolute atomic E-state index is 12.5. The Labute approximate surface area is 169 Å². The van der Waals surface area contributed by atoms with Crippen molar-refractivity contribution in [1.82, 2.24) is 16.0 Å². The molecule has 0 heterocycles. The van der Waals surface area contributed by atoms with E-state index in [0.29, 0.717) is 0 Å². The summed E-state index contributed by atoms with van der Waals surface area (Å²) in [5.41, 5.74) is 0.819. The van der Waals surface area contributed by atoms with Crippen LogP contribution in [-0.2, 0) is 25.7 Å². The lowest BCUT2D eigenvalue weighted by Gasteiger charge is -2.23. The Balaban J connectivity index is 2.54. The van der Waals surface area contributed by atoms with Gasteiger partial charge in [0.2, 0.25) is 11.8 Å². The van der Waals surface area contributed by atoms with Crippen molar-refractivity contribution in [2.75, 3.05) is 12.4 Å². The van der Waals surface area contributed by atoms with E-state index in [1.165, 1.54) is 6.92 Å². The van der Waals surface area contributed by atoms with Crippen LogP contribution in [0.3, 0.4) is 0 Å².